The van der Waals surface area contributed by atoms with E-state index >= 15 is 0 Å². The quantitative estimate of drug-likeness (QED) is 0.753. The van der Waals surface area contributed by atoms with E-state index in [1.165, 1.54) is 57.7 Å². The molecule has 1 saturated heterocycles. The Morgan fingerprint density at radius 1 is 1.04 bits per heavy atom. The Labute approximate surface area is 153 Å². The zero-order valence-corrected chi connectivity index (χ0v) is 15.9. The fourth-order valence-electron chi connectivity index (χ4n) is 5.23. The SMILES string of the molecule is CC1(C)[C@H]2CC=C(C[NH+]3CC[NH+](CC=Cc4ccccc4)CC3)[C@@H]1C2. The number of hydrogen-bond donors (Lipinski definition) is 2. The number of rotatable bonds is 5. The molecular formula is C23H34N2+2. The summed E-state index contributed by atoms with van der Waals surface area (Å²) in [6, 6.07) is 10.7. The van der Waals surface area contributed by atoms with Crippen LogP contribution in [0.5, 0.6) is 0 Å². The minimum Gasteiger partial charge on any atom is -0.322 e. The molecule has 0 aromatic heterocycles. The number of fused-ring (bicyclic) bond motifs is 1. The zero-order valence-electron chi connectivity index (χ0n) is 15.9. The second-order valence-corrected chi connectivity index (χ2v) is 9.02. The number of nitrogens with one attached hydrogen (secondary N) is 2. The minimum atomic E-state index is 0.582. The van der Waals surface area contributed by atoms with Crippen molar-refractivity contribution in [3.8, 4) is 0 Å². The molecule has 134 valence electrons. The van der Waals surface area contributed by atoms with Crippen LogP contribution in [0.2, 0.25) is 0 Å². The standard InChI is InChI=1S/C23H32N2/c1-23(2)21-11-10-20(22(23)17-21)18-25-15-13-24(14-16-25)12-6-9-19-7-4-3-5-8-19/h3-10,21-22H,11-18H2,1-2H3/p+2/t21-,22-/m0/s1. The second kappa shape index (κ2) is 7.09. The Bertz CT molecular complexity index is 635. The summed E-state index contributed by atoms with van der Waals surface area (Å²) in [7, 11) is 0. The zero-order chi connectivity index (χ0) is 17.3. The first-order valence-corrected chi connectivity index (χ1v) is 10.2. The Morgan fingerprint density at radius 3 is 2.44 bits per heavy atom. The number of allylic oxidation sites excluding steroid dienone is 1. The summed E-state index contributed by atoms with van der Waals surface area (Å²) >= 11 is 0. The number of piperazine rings is 1. The van der Waals surface area contributed by atoms with Crippen LogP contribution in [0.25, 0.3) is 6.08 Å². The molecule has 1 saturated carbocycles. The van der Waals surface area contributed by atoms with Gasteiger partial charge >= 0.3 is 0 Å². The molecule has 0 unspecified atom stereocenters. The van der Waals surface area contributed by atoms with Gasteiger partial charge in [0.2, 0.25) is 0 Å². The summed E-state index contributed by atoms with van der Waals surface area (Å²) in [5, 5.41) is 0. The van der Waals surface area contributed by atoms with Gasteiger partial charge in [0.05, 0.1) is 13.1 Å². The third-order valence-electron chi connectivity index (χ3n) is 7.22. The van der Waals surface area contributed by atoms with E-state index in [-0.39, 0.29) is 0 Å². The van der Waals surface area contributed by atoms with Crippen molar-refractivity contribution in [1.29, 1.82) is 0 Å². The van der Waals surface area contributed by atoms with Crippen molar-refractivity contribution >= 4 is 6.08 Å². The van der Waals surface area contributed by atoms with Crippen LogP contribution in [0.3, 0.4) is 0 Å². The number of hydrogen-bond acceptors (Lipinski definition) is 0. The maximum absolute atomic E-state index is 2.60. The highest BCUT2D eigenvalue weighted by molar-refractivity contribution is 5.48. The first-order valence-electron chi connectivity index (χ1n) is 10.2. The molecule has 25 heavy (non-hydrogen) atoms. The van der Waals surface area contributed by atoms with E-state index in [1.807, 2.05) is 4.90 Å². The van der Waals surface area contributed by atoms with Gasteiger partial charge in [0, 0.05) is 0 Å². The Hall–Kier alpha value is -1.38. The van der Waals surface area contributed by atoms with Gasteiger partial charge in [0.15, 0.2) is 0 Å². The topological polar surface area (TPSA) is 8.88 Å². The summed E-state index contributed by atoms with van der Waals surface area (Å²) in [6.07, 6.45) is 10.0. The first-order chi connectivity index (χ1) is 12.1. The lowest BCUT2D eigenvalue weighted by atomic mass is 9.49. The molecule has 1 aliphatic heterocycles. The number of benzene rings is 1. The smallest absolute Gasteiger partial charge is 0.127 e. The minimum absolute atomic E-state index is 0.582. The van der Waals surface area contributed by atoms with Crippen LogP contribution in [-0.2, 0) is 0 Å². The highest BCUT2D eigenvalue weighted by atomic mass is 15.3. The molecule has 1 aromatic carbocycles. The Kier molecular flexibility index (Phi) is 4.84. The Balaban J connectivity index is 1.22. The van der Waals surface area contributed by atoms with Crippen molar-refractivity contribution in [2.75, 3.05) is 39.3 Å². The van der Waals surface area contributed by atoms with Gasteiger partial charge in [-0.2, -0.15) is 0 Å². The van der Waals surface area contributed by atoms with Crippen LogP contribution in [0.1, 0.15) is 32.3 Å². The van der Waals surface area contributed by atoms with E-state index in [1.54, 1.807) is 10.5 Å². The third-order valence-corrected chi connectivity index (χ3v) is 7.22. The van der Waals surface area contributed by atoms with E-state index in [4.69, 9.17) is 0 Å². The Morgan fingerprint density at radius 2 is 1.76 bits per heavy atom. The van der Waals surface area contributed by atoms with Crippen LogP contribution < -0.4 is 9.80 Å². The van der Waals surface area contributed by atoms with Gasteiger partial charge in [-0.1, -0.05) is 56.3 Å². The van der Waals surface area contributed by atoms with Crippen LogP contribution in [0, 0.1) is 17.3 Å². The van der Waals surface area contributed by atoms with Gasteiger partial charge in [0.1, 0.15) is 26.2 Å². The fourth-order valence-corrected chi connectivity index (χ4v) is 5.23. The molecule has 0 radical (unpaired) electrons. The molecule has 1 aromatic rings. The van der Waals surface area contributed by atoms with E-state index < -0.39 is 0 Å². The van der Waals surface area contributed by atoms with Crippen molar-refractivity contribution < 1.29 is 9.80 Å². The van der Waals surface area contributed by atoms with E-state index in [2.05, 4.69) is 62.4 Å². The molecule has 2 heteroatoms. The van der Waals surface area contributed by atoms with E-state index in [0.717, 1.165) is 11.8 Å². The third kappa shape index (κ3) is 3.61. The molecule has 2 atom stereocenters. The predicted molar refractivity (Wildman–Crippen MR) is 105 cm³/mol. The van der Waals surface area contributed by atoms with Gasteiger partial charge in [-0.15, -0.1) is 0 Å². The van der Waals surface area contributed by atoms with Gasteiger partial charge in [-0.3, -0.25) is 0 Å². The van der Waals surface area contributed by atoms with Crippen LogP contribution >= 0.6 is 0 Å². The molecule has 5 rings (SSSR count). The highest BCUT2D eigenvalue weighted by Gasteiger charge is 2.51. The maximum atomic E-state index is 2.60. The van der Waals surface area contributed by atoms with Gasteiger partial charge in [-0.25, -0.2) is 0 Å². The molecule has 0 spiro atoms. The molecule has 2 bridgehead atoms. The van der Waals surface area contributed by atoms with E-state index in [9.17, 15) is 0 Å². The summed E-state index contributed by atoms with van der Waals surface area (Å²) in [6.45, 7) is 12.8. The average molecular weight is 339 g/mol. The summed E-state index contributed by atoms with van der Waals surface area (Å²) in [4.78, 5) is 3.57. The molecule has 0 amide bonds. The van der Waals surface area contributed by atoms with Gasteiger partial charge in [-0.05, 0) is 47.3 Å². The maximum Gasteiger partial charge on any atom is 0.127 e. The lowest BCUT2D eigenvalue weighted by molar-refractivity contribution is -1.01. The fraction of sp³-hybridized carbons (Fsp3) is 0.565. The van der Waals surface area contributed by atoms with Crippen LogP contribution in [0.15, 0.2) is 48.1 Å². The first kappa shape index (κ1) is 17.1. The lowest BCUT2D eigenvalue weighted by Gasteiger charge is -2.56. The van der Waals surface area contributed by atoms with Crippen molar-refractivity contribution in [3.05, 3.63) is 53.6 Å². The summed E-state index contributed by atoms with van der Waals surface area (Å²) < 4.78 is 0. The average Bonchev–Trinajstić information content (AvgIpc) is 2.64. The van der Waals surface area contributed by atoms with Crippen molar-refractivity contribution in [2.24, 2.45) is 17.3 Å². The van der Waals surface area contributed by atoms with Crippen molar-refractivity contribution in [2.45, 2.75) is 26.7 Å². The lowest BCUT2D eigenvalue weighted by Crippen LogP contribution is -3.28. The largest absolute Gasteiger partial charge is 0.322 e. The highest BCUT2D eigenvalue weighted by Crippen LogP contribution is 2.58. The molecule has 3 aliphatic carbocycles. The molecule has 2 N–H and O–H groups in total. The number of quaternary nitrogens is 2. The van der Waals surface area contributed by atoms with Crippen LogP contribution in [-0.4, -0.2) is 39.3 Å². The monoisotopic (exact) mass is 338 g/mol. The molecule has 2 nitrogen and oxygen atoms in total. The van der Waals surface area contributed by atoms with Gasteiger partial charge < -0.3 is 9.80 Å². The summed E-state index contributed by atoms with van der Waals surface area (Å²) in [5.41, 5.74) is 3.69. The second-order valence-electron chi connectivity index (χ2n) is 9.02. The van der Waals surface area contributed by atoms with Crippen LogP contribution in [0.4, 0.5) is 0 Å². The van der Waals surface area contributed by atoms with Crippen molar-refractivity contribution in [3.63, 3.8) is 0 Å². The molecule has 2 fully saturated rings. The normalized spacial score (nSPS) is 33.8. The molecular weight excluding hydrogens is 304 g/mol. The predicted octanol–water partition coefficient (Wildman–Crippen LogP) is 1.48. The molecule has 4 aliphatic rings. The summed E-state index contributed by atoms with van der Waals surface area (Å²) in [5.74, 6) is 1.85. The van der Waals surface area contributed by atoms with Gasteiger partial charge in [0.25, 0.3) is 0 Å². The molecule has 1 heterocycles. The van der Waals surface area contributed by atoms with Crippen molar-refractivity contribution in [1.82, 2.24) is 0 Å². The van der Waals surface area contributed by atoms with E-state index in [0.29, 0.717) is 5.41 Å².